The number of Topliss-reactive ketones (excluding diaryl/α,β-unsaturated/α-hetero) is 1. The van der Waals surface area contributed by atoms with Crippen LogP contribution in [0.4, 0.5) is 5.69 Å². The second kappa shape index (κ2) is 4.02. The molecule has 90 valence electrons. The molecule has 0 radical (unpaired) electrons. The Morgan fingerprint density at radius 1 is 1.17 bits per heavy atom. The predicted octanol–water partition coefficient (Wildman–Crippen LogP) is 0.172. The van der Waals surface area contributed by atoms with Crippen LogP contribution in [-0.2, 0) is 9.59 Å². The van der Waals surface area contributed by atoms with Gasteiger partial charge in [0, 0.05) is 11.3 Å². The van der Waals surface area contributed by atoms with E-state index >= 15 is 0 Å². The number of ketones is 1. The third-order valence-corrected chi connectivity index (χ3v) is 2.77. The maximum absolute atomic E-state index is 11.6. The normalized spacial score (nSPS) is 15.4. The fourth-order valence-corrected chi connectivity index (χ4v) is 1.89. The summed E-state index contributed by atoms with van der Waals surface area (Å²) in [6.07, 6.45) is -0.00735. The van der Waals surface area contributed by atoms with Crippen molar-refractivity contribution in [2.45, 2.75) is 6.42 Å². The number of aromatic nitrogens is 4. The molecule has 0 bridgehead atoms. The van der Waals surface area contributed by atoms with Gasteiger partial charge in [-0.2, -0.15) is 5.21 Å². The van der Waals surface area contributed by atoms with E-state index in [4.69, 9.17) is 0 Å². The topological polar surface area (TPSA) is 91.8 Å². The zero-order chi connectivity index (χ0) is 12.5. The Morgan fingerprint density at radius 2 is 1.94 bits per heavy atom. The first kappa shape index (κ1) is 10.6. The van der Waals surface area contributed by atoms with Crippen molar-refractivity contribution in [1.82, 2.24) is 20.6 Å². The van der Waals surface area contributed by atoms with E-state index in [1.54, 1.807) is 24.3 Å². The van der Waals surface area contributed by atoms with Crippen LogP contribution in [0.15, 0.2) is 24.3 Å². The van der Waals surface area contributed by atoms with E-state index in [0.29, 0.717) is 11.5 Å². The Balaban J connectivity index is 1.88. The molecule has 2 heterocycles. The Labute approximate surface area is 102 Å². The van der Waals surface area contributed by atoms with E-state index in [2.05, 4.69) is 20.6 Å². The molecule has 0 atom stereocenters. The van der Waals surface area contributed by atoms with E-state index < -0.39 is 0 Å². The molecule has 1 aliphatic rings. The smallest absolute Gasteiger partial charge is 0.234 e. The fourth-order valence-electron chi connectivity index (χ4n) is 1.89. The number of H-pyrrole nitrogens is 1. The number of hydrogen-bond donors (Lipinski definition) is 1. The highest BCUT2D eigenvalue weighted by atomic mass is 16.2. The van der Waals surface area contributed by atoms with Gasteiger partial charge in [0.1, 0.15) is 0 Å². The summed E-state index contributed by atoms with van der Waals surface area (Å²) in [6.45, 7) is 0.153. The van der Waals surface area contributed by atoms with Gasteiger partial charge in [0.15, 0.2) is 5.78 Å². The van der Waals surface area contributed by atoms with Crippen molar-refractivity contribution in [1.29, 1.82) is 0 Å². The number of aromatic amines is 1. The van der Waals surface area contributed by atoms with Crippen molar-refractivity contribution in [3.05, 3.63) is 24.3 Å². The third kappa shape index (κ3) is 1.75. The van der Waals surface area contributed by atoms with Crippen LogP contribution in [0.1, 0.15) is 6.42 Å². The number of tetrazole rings is 1. The van der Waals surface area contributed by atoms with Gasteiger partial charge >= 0.3 is 0 Å². The minimum Gasteiger partial charge on any atom is -0.305 e. The third-order valence-electron chi connectivity index (χ3n) is 2.77. The summed E-state index contributed by atoms with van der Waals surface area (Å²) in [5.41, 5.74) is 1.50. The molecule has 1 aromatic heterocycles. The number of benzene rings is 1. The molecule has 18 heavy (non-hydrogen) atoms. The summed E-state index contributed by atoms with van der Waals surface area (Å²) in [5, 5.41) is 13.6. The van der Waals surface area contributed by atoms with Crippen molar-refractivity contribution in [2.75, 3.05) is 11.4 Å². The zero-order valence-electron chi connectivity index (χ0n) is 9.33. The first-order chi connectivity index (χ1) is 8.74. The highest BCUT2D eigenvalue weighted by molar-refractivity contribution is 6.15. The number of nitrogens with zero attached hydrogens (tertiary/aromatic N) is 4. The number of amides is 1. The van der Waals surface area contributed by atoms with Crippen LogP contribution in [0, 0.1) is 0 Å². The zero-order valence-corrected chi connectivity index (χ0v) is 9.33. The molecule has 1 amide bonds. The number of carbonyl (C=O) groups is 2. The van der Waals surface area contributed by atoms with Gasteiger partial charge in [0.2, 0.25) is 11.7 Å². The molecular formula is C11H9N5O2. The fraction of sp³-hybridized carbons (Fsp3) is 0.182. The lowest BCUT2D eigenvalue weighted by molar-refractivity contribution is -0.121. The first-order valence-corrected chi connectivity index (χ1v) is 5.40. The number of rotatable bonds is 2. The molecule has 7 nitrogen and oxygen atoms in total. The van der Waals surface area contributed by atoms with Gasteiger partial charge < -0.3 is 4.90 Å². The largest absolute Gasteiger partial charge is 0.305 e. The summed E-state index contributed by atoms with van der Waals surface area (Å²) < 4.78 is 0. The van der Waals surface area contributed by atoms with Crippen molar-refractivity contribution in [2.24, 2.45) is 0 Å². The number of nitrogens with one attached hydrogen (secondary N) is 1. The van der Waals surface area contributed by atoms with Crippen molar-refractivity contribution >= 4 is 17.4 Å². The maximum atomic E-state index is 11.6. The summed E-state index contributed by atoms with van der Waals surface area (Å²) in [4.78, 5) is 24.2. The van der Waals surface area contributed by atoms with Gasteiger partial charge in [-0.1, -0.05) is 0 Å². The van der Waals surface area contributed by atoms with Gasteiger partial charge in [0.25, 0.3) is 0 Å². The van der Waals surface area contributed by atoms with Crippen LogP contribution < -0.4 is 4.90 Å². The molecule has 2 aromatic rings. The average Bonchev–Trinajstić information content (AvgIpc) is 2.99. The summed E-state index contributed by atoms with van der Waals surface area (Å²) in [6, 6.07) is 7.11. The van der Waals surface area contributed by atoms with E-state index in [-0.39, 0.29) is 24.7 Å². The molecule has 0 unspecified atom stereocenters. The van der Waals surface area contributed by atoms with E-state index in [0.717, 1.165) is 5.56 Å². The highest BCUT2D eigenvalue weighted by Crippen LogP contribution is 2.22. The van der Waals surface area contributed by atoms with Gasteiger partial charge in [0.05, 0.1) is 13.0 Å². The van der Waals surface area contributed by atoms with Gasteiger partial charge in [-0.25, -0.2) is 0 Å². The minimum absolute atomic E-state index is 0.00735. The second-order valence-corrected chi connectivity index (χ2v) is 3.98. The Hall–Kier alpha value is -2.57. The lowest BCUT2D eigenvalue weighted by Gasteiger charge is -2.14. The Bertz CT molecular complexity index is 590. The van der Waals surface area contributed by atoms with Crippen molar-refractivity contribution < 1.29 is 9.59 Å². The van der Waals surface area contributed by atoms with Gasteiger partial charge in [-0.3, -0.25) is 9.59 Å². The number of carbonyl (C=O) groups excluding carboxylic acids is 2. The maximum Gasteiger partial charge on any atom is 0.234 e. The highest BCUT2D eigenvalue weighted by Gasteiger charge is 2.28. The molecule has 7 heteroatoms. The summed E-state index contributed by atoms with van der Waals surface area (Å²) >= 11 is 0. The Kier molecular flexibility index (Phi) is 2.36. The molecule has 0 spiro atoms. The molecule has 1 saturated heterocycles. The van der Waals surface area contributed by atoms with Crippen LogP contribution in [0.25, 0.3) is 11.4 Å². The van der Waals surface area contributed by atoms with Gasteiger partial charge in [-0.05, 0) is 29.5 Å². The molecular weight excluding hydrogens is 234 g/mol. The predicted molar refractivity (Wildman–Crippen MR) is 61.6 cm³/mol. The molecule has 1 fully saturated rings. The van der Waals surface area contributed by atoms with Crippen molar-refractivity contribution in [3.8, 4) is 11.4 Å². The van der Waals surface area contributed by atoms with Gasteiger partial charge in [-0.15, -0.1) is 10.2 Å². The molecule has 1 aliphatic heterocycles. The van der Waals surface area contributed by atoms with Crippen LogP contribution in [-0.4, -0.2) is 38.9 Å². The first-order valence-electron chi connectivity index (χ1n) is 5.40. The minimum atomic E-state index is -0.160. The van der Waals surface area contributed by atoms with Crippen LogP contribution in [0.2, 0.25) is 0 Å². The van der Waals surface area contributed by atoms with Crippen molar-refractivity contribution in [3.63, 3.8) is 0 Å². The number of hydrogen-bond acceptors (Lipinski definition) is 5. The quantitative estimate of drug-likeness (QED) is 0.759. The molecule has 0 aliphatic carbocycles. The summed E-state index contributed by atoms with van der Waals surface area (Å²) in [7, 11) is 0. The second-order valence-electron chi connectivity index (χ2n) is 3.98. The monoisotopic (exact) mass is 243 g/mol. The lowest BCUT2D eigenvalue weighted by atomic mass is 10.2. The van der Waals surface area contributed by atoms with Crippen LogP contribution in [0.5, 0.6) is 0 Å². The van der Waals surface area contributed by atoms with Crippen LogP contribution in [0.3, 0.4) is 0 Å². The molecule has 0 saturated carbocycles. The molecule has 1 N–H and O–H groups in total. The summed E-state index contributed by atoms with van der Waals surface area (Å²) in [5.74, 6) is 0.278. The average molecular weight is 243 g/mol. The van der Waals surface area contributed by atoms with Crippen LogP contribution >= 0.6 is 0 Å². The number of anilines is 1. The van der Waals surface area contributed by atoms with E-state index in [9.17, 15) is 9.59 Å². The molecule has 1 aromatic carbocycles. The standard InChI is InChI=1S/C11H9N5O2/c17-9-5-10(18)16(6-9)8-3-1-7(2-4-8)11-12-14-15-13-11/h1-4H,5-6H2,(H,12,13,14,15). The molecule has 3 rings (SSSR count). The Morgan fingerprint density at radius 3 is 2.50 bits per heavy atom. The SMILES string of the molecule is O=C1CC(=O)N(c2ccc(-c3nn[nH]n3)cc2)C1. The van der Waals surface area contributed by atoms with E-state index in [1.807, 2.05) is 0 Å². The van der Waals surface area contributed by atoms with E-state index in [1.165, 1.54) is 4.90 Å². The lowest BCUT2D eigenvalue weighted by Crippen LogP contribution is -2.24.